The molecule has 2 unspecified atom stereocenters. The predicted octanol–water partition coefficient (Wildman–Crippen LogP) is 2.41. The van der Waals surface area contributed by atoms with Crippen molar-refractivity contribution in [1.29, 1.82) is 0 Å². The van der Waals surface area contributed by atoms with Crippen molar-refractivity contribution < 1.29 is 4.74 Å². The van der Waals surface area contributed by atoms with E-state index in [1.54, 1.807) is 0 Å². The van der Waals surface area contributed by atoms with Gasteiger partial charge in [-0.05, 0) is 37.6 Å². The molecule has 3 nitrogen and oxygen atoms in total. The van der Waals surface area contributed by atoms with Crippen LogP contribution in [0.3, 0.4) is 0 Å². The maximum atomic E-state index is 5.63. The lowest BCUT2D eigenvalue weighted by atomic mass is 10.1. The summed E-state index contributed by atoms with van der Waals surface area (Å²) in [5, 5.41) is 3.34. The molecular weight excluding hydrogens is 224 g/mol. The molecule has 1 aliphatic rings. The number of anilines is 1. The van der Waals surface area contributed by atoms with Gasteiger partial charge in [-0.25, -0.2) is 0 Å². The van der Waals surface area contributed by atoms with Crippen LogP contribution in [0.4, 0.5) is 5.69 Å². The Morgan fingerprint density at radius 1 is 1.33 bits per heavy atom. The standard InChI is InChI=1S/C15H24N2O/c1-4-16-11-13-5-7-14(8-6-13)17(3)15-9-10-18-12(15)2/h5-8,12,15-16H,4,9-11H2,1-3H3. The Kier molecular flexibility index (Phi) is 4.61. The third kappa shape index (κ3) is 3.03. The fraction of sp³-hybridized carbons (Fsp3) is 0.600. The Morgan fingerprint density at radius 3 is 2.61 bits per heavy atom. The Balaban J connectivity index is 2.00. The normalized spacial score (nSPS) is 23.3. The van der Waals surface area contributed by atoms with E-state index in [2.05, 4.69) is 55.4 Å². The van der Waals surface area contributed by atoms with Crippen LogP contribution in [0.5, 0.6) is 0 Å². The van der Waals surface area contributed by atoms with Crippen molar-refractivity contribution in [2.24, 2.45) is 0 Å². The average Bonchev–Trinajstić information content (AvgIpc) is 2.82. The first-order valence-electron chi connectivity index (χ1n) is 6.86. The van der Waals surface area contributed by atoms with E-state index < -0.39 is 0 Å². The SMILES string of the molecule is CCNCc1ccc(N(C)C2CCOC2C)cc1. The number of hydrogen-bond acceptors (Lipinski definition) is 3. The van der Waals surface area contributed by atoms with Gasteiger partial charge in [-0.15, -0.1) is 0 Å². The summed E-state index contributed by atoms with van der Waals surface area (Å²) in [4.78, 5) is 2.34. The molecule has 0 radical (unpaired) electrons. The van der Waals surface area contributed by atoms with E-state index in [0.717, 1.165) is 26.1 Å². The minimum atomic E-state index is 0.330. The zero-order valence-corrected chi connectivity index (χ0v) is 11.6. The molecule has 1 N–H and O–H groups in total. The molecule has 1 aromatic rings. The second-order valence-electron chi connectivity index (χ2n) is 4.99. The second kappa shape index (κ2) is 6.21. The summed E-state index contributed by atoms with van der Waals surface area (Å²) in [6, 6.07) is 9.32. The molecule has 3 heteroatoms. The molecule has 0 spiro atoms. The number of rotatable bonds is 5. The minimum absolute atomic E-state index is 0.330. The molecule has 0 saturated carbocycles. The van der Waals surface area contributed by atoms with Gasteiger partial charge >= 0.3 is 0 Å². The number of hydrogen-bond donors (Lipinski definition) is 1. The van der Waals surface area contributed by atoms with Crippen LogP contribution >= 0.6 is 0 Å². The molecule has 0 aliphatic carbocycles. The zero-order valence-electron chi connectivity index (χ0n) is 11.6. The molecular formula is C15H24N2O. The van der Waals surface area contributed by atoms with Crippen molar-refractivity contribution in [3.8, 4) is 0 Å². The lowest BCUT2D eigenvalue weighted by Gasteiger charge is -2.28. The van der Waals surface area contributed by atoms with Gasteiger partial charge in [0.1, 0.15) is 0 Å². The molecule has 2 atom stereocenters. The van der Waals surface area contributed by atoms with Crippen LogP contribution in [0.25, 0.3) is 0 Å². The highest BCUT2D eigenvalue weighted by atomic mass is 16.5. The van der Waals surface area contributed by atoms with Gasteiger partial charge in [-0.2, -0.15) is 0 Å². The third-order valence-electron chi connectivity index (χ3n) is 3.76. The van der Waals surface area contributed by atoms with Crippen molar-refractivity contribution >= 4 is 5.69 Å². The highest BCUT2D eigenvalue weighted by molar-refractivity contribution is 5.48. The number of likely N-dealkylation sites (N-methyl/N-ethyl adjacent to an activating group) is 1. The van der Waals surface area contributed by atoms with Crippen molar-refractivity contribution in [2.75, 3.05) is 25.1 Å². The van der Waals surface area contributed by atoms with E-state index in [4.69, 9.17) is 4.74 Å². The molecule has 0 bridgehead atoms. The molecule has 1 heterocycles. The van der Waals surface area contributed by atoms with Crippen LogP contribution in [0.15, 0.2) is 24.3 Å². The van der Waals surface area contributed by atoms with Crippen LogP contribution in [0, 0.1) is 0 Å². The second-order valence-corrected chi connectivity index (χ2v) is 4.99. The summed E-state index contributed by atoms with van der Waals surface area (Å²) in [5.74, 6) is 0. The minimum Gasteiger partial charge on any atom is -0.376 e. The van der Waals surface area contributed by atoms with E-state index >= 15 is 0 Å². The summed E-state index contributed by atoms with van der Waals surface area (Å²) in [6.07, 6.45) is 1.45. The summed E-state index contributed by atoms with van der Waals surface area (Å²) < 4.78 is 5.63. The van der Waals surface area contributed by atoms with E-state index in [9.17, 15) is 0 Å². The third-order valence-corrected chi connectivity index (χ3v) is 3.76. The quantitative estimate of drug-likeness (QED) is 0.866. The Bertz CT molecular complexity index is 363. The Labute approximate surface area is 110 Å². The average molecular weight is 248 g/mol. The number of ether oxygens (including phenoxy) is 1. The maximum Gasteiger partial charge on any atom is 0.0750 e. The van der Waals surface area contributed by atoms with Crippen LogP contribution < -0.4 is 10.2 Å². The van der Waals surface area contributed by atoms with Gasteiger partial charge in [0.2, 0.25) is 0 Å². The van der Waals surface area contributed by atoms with Crippen LogP contribution in [-0.2, 0) is 11.3 Å². The summed E-state index contributed by atoms with van der Waals surface area (Å²) in [5.41, 5.74) is 2.61. The molecule has 2 rings (SSSR count). The first-order chi connectivity index (χ1) is 8.72. The monoisotopic (exact) mass is 248 g/mol. The van der Waals surface area contributed by atoms with Crippen LogP contribution in [-0.4, -0.2) is 32.3 Å². The topological polar surface area (TPSA) is 24.5 Å². The van der Waals surface area contributed by atoms with Crippen molar-refractivity contribution in [2.45, 2.75) is 39.0 Å². The van der Waals surface area contributed by atoms with Crippen LogP contribution in [0.2, 0.25) is 0 Å². The molecule has 1 aliphatic heterocycles. The molecule has 18 heavy (non-hydrogen) atoms. The Hall–Kier alpha value is -1.06. The molecule has 100 valence electrons. The molecule has 1 fully saturated rings. The highest BCUT2D eigenvalue weighted by Crippen LogP contribution is 2.24. The molecule has 0 aromatic heterocycles. The van der Waals surface area contributed by atoms with E-state index in [1.807, 2.05) is 0 Å². The van der Waals surface area contributed by atoms with Crippen molar-refractivity contribution in [1.82, 2.24) is 5.32 Å². The van der Waals surface area contributed by atoms with E-state index in [0.29, 0.717) is 12.1 Å². The smallest absolute Gasteiger partial charge is 0.0750 e. The summed E-state index contributed by atoms with van der Waals surface area (Å²) >= 11 is 0. The van der Waals surface area contributed by atoms with E-state index in [-0.39, 0.29) is 0 Å². The number of benzene rings is 1. The fourth-order valence-corrected chi connectivity index (χ4v) is 2.54. The molecule has 0 amide bonds. The van der Waals surface area contributed by atoms with Gasteiger partial charge in [-0.3, -0.25) is 0 Å². The number of nitrogens with zero attached hydrogens (tertiary/aromatic N) is 1. The largest absolute Gasteiger partial charge is 0.376 e. The zero-order chi connectivity index (χ0) is 13.0. The van der Waals surface area contributed by atoms with Gasteiger partial charge in [0, 0.05) is 25.9 Å². The van der Waals surface area contributed by atoms with Gasteiger partial charge in [0.05, 0.1) is 12.1 Å². The van der Waals surface area contributed by atoms with Gasteiger partial charge in [0.25, 0.3) is 0 Å². The van der Waals surface area contributed by atoms with Gasteiger partial charge in [-0.1, -0.05) is 19.1 Å². The predicted molar refractivity (Wildman–Crippen MR) is 76.0 cm³/mol. The van der Waals surface area contributed by atoms with Crippen molar-refractivity contribution in [3.05, 3.63) is 29.8 Å². The fourth-order valence-electron chi connectivity index (χ4n) is 2.54. The maximum absolute atomic E-state index is 5.63. The lowest BCUT2D eigenvalue weighted by Crippen LogP contribution is -2.36. The summed E-state index contributed by atoms with van der Waals surface area (Å²) in [6.45, 7) is 7.13. The van der Waals surface area contributed by atoms with E-state index in [1.165, 1.54) is 11.3 Å². The lowest BCUT2D eigenvalue weighted by molar-refractivity contribution is 0.118. The van der Waals surface area contributed by atoms with Crippen LogP contribution in [0.1, 0.15) is 25.8 Å². The van der Waals surface area contributed by atoms with Gasteiger partial charge in [0.15, 0.2) is 0 Å². The van der Waals surface area contributed by atoms with Gasteiger partial charge < -0.3 is 15.0 Å². The molecule has 1 saturated heterocycles. The Morgan fingerprint density at radius 2 is 2.06 bits per heavy atom. The molecule has 1 aromatic carbocycles. The first kappa shape index (κ1) is 13.4. The highest BCUT2D eigenvalue weighted by Gasteiger charge is 2.27. The van der Waals surface area contributed by atoms with Crippen molar-refractivity contribution in [3.63, 3.8) is 0 Å². The first-order valence-corrected chi connectivity index (χ1v) is 6.86. The number of nitrogens with one attached hydrogen (secondary N) is 1. The summed E-state index contributed by atoms with van der Waals surface area (Å²) in [7, 11) is 2.16.